The number of hydrogen-bond donors (Lipinski definition) is 1. The molecule has 4 heteroatoms. The van der Waals surface area contributed by atoms with Gasteiger partial charge in [0.2, 0.25) is 0 Å². The second kappa shape index (κ2) is 5.25. The molecule has 0 aromatic rings. The zero-order valence-electron chi connectivity index (χ0n) is 10.7. The molecule has 2 rings (SSSR count). The van der Waals surface area contributed by atoms with Crippen LogP contribution in [0.25, 0.3) is 0 Å². The van der Waals surface area contributed by atoms with Gasteiger partial charge in [0.15, 0.2) is 0 Å². The van der Waals surface area contributed by atoms with E-state index in [-0.39, 0.29) is 11.7 Å². The van der Waals surface area contributed by atoms with Crippen molar-refractivity contribution in [2.45, 2.75) is 51.0 Å². The van der Waals surface area contributed by atoms with Gasteiger partial charge in [-0.05, 0) is 51.4 Å². The van der Waals surface area contributed by atoms with Gasteiger partial charge in [-0.3, -0.25) is 0 Å². The minimum atomic E-state index is -0.321. The third-order valence-electron chi connectivity index (χ3n) is 3.99. The zero-order valence-corrected chi connectivity index (χ0v) is 10.7. The van der Waals surface area contributed by atoms with Crippen LogP contribution >= 0.6 is 0 Å². The molecule has 0 aromatic carbocycles. The number of amides is 1. The standard InChI is InChI=1S/C13H23NO3/c1-2-17-12(15)14-9-4-11(5-10-14)3-6-13(16)7-8-13/h11,16H,2-10H2,1H3. The highest BCUT2D eigenvalue weighted by atomic mass is 16.6. The van der Waals surface area contributed by atoms with Crippen LogP contribution < -0.4 is 0 Å². The van der Waals surface area contributed by atoms with Crippen molar-refractivity contribution in [3.05, 3.63) is 0 Å². The van der Waals surface area contributed by atoms with E-state index < -0.39 is 0 Å². The Morgan fingerprint density at radius 3 is 2.59 bits per heavy atom. The molecule has 2 fully saturated rings. The summed E-state index contributed by atoms with van der Waals surface area (Å²) in [6.07, 6.45) is 5.93. The molecule has 0 unspecified atom stereocenters. The van der Waals surface area contributed by atoms with E-state index >= 15 is 0 Å². The van der Waals surface area contributed by atoms with Crippen LogP contribution in [0.5, 0.6) is 0 Å². The number of aliphatic hydroxyl groups is 1. The Morgan fingerprint density at radius 1 is 1.41 bits per heavy atom. The number of carbonyl (C=O) groups excluding carboxylic acids is 1. The van der Waals surface area contributed by atoms with Crippen molar-refractivity contribution in [3.8, 4) is 0 Å². The second-order valence-corrected chi connectivity index (χ2v) is 5.39. The molecule has 0 atom stereocenters. The number of carbonyl (C=O) groups is 1. The van der Waals surface area contributed by atoms with E-state index in [2.05, 4.69) is 0 Å². The zero-order chi connectivity index (χ0) is 12.3. The Bertz CT molecular complexity index is 268. The van der Waals surface area contributed by atoms with Crippen molar-refractivity contribution >= 4 is 6.09 Å². The summed E-state index contributed by atoms with van der Waals surface area (Å²) in [6.45, 7) is 3.90. The molecular weight excluding hydrogens is 218 g/mol. The van der Waals surface area contributed by atoms with Crippen LogP contribution in [0.3, 0.4) is 0 Å². The van der Waals surface area contributed by atoms with Gasteiger partial charge < -0.3 is 14.7 Å². The first-order valence-corrected chi connectivity index (χ1v) is 6.77. The van der Waals surface area contributed by atoms with Gasteiger partial charge in [-0.25, -0.2) is 4.79 Å². The molecule has 1 heterocycles. The Balaban J connectivity index is 1.65. The Hall–Kier alpha value is -0.770. The van der Waals surface area contributed by atoms with E-state index in [9.17, 15) is 9.90 Å². The summed E-state index contributed by atoms with van der Waals surface area (Å²) < 4.78 is 4.99. The van der Waals surface area contributed by atoms with Crippen LogP contribution in [0.1, 0.15) is 45.4 Å². The number of hydrogen-bond acceptors (Lipinski definition) is 3. The maximum atomic E-state index is 11.5. The minimum Gasteiger partial charge on any atom is -0.450 e. The maximum absolute atomic E-state index is 11.5. The molecule has 0 aromatic heterocycles. The van der Waals surface area contributed by atoms with Gasteiger partial charge in [0, 0.05) is 13.1 Å². The minimum absolute atomic E-state index is 0.174. The molecule has 0 radical (unpaired) electrons. The Morgan fingerprint density at radius 2 is 2.06 bits per heavy atom. The fourth-order valence-electron chi connectivity index (χ4n) is 2.49. The third kappa shape index (κ3) is 3.60. The van der Waals surface area contributed by atoms with Crippen LogP contribution in [-0.2, 0) is 4.74 Å². The third-order valence-corrected chi connectivity index (χ3v) is 3.99. The first-order valence-electron chi connectivity index (χ1n) is 6.77. The lowest BCUT2D eigenvalue weighted by Crippen LogP contribution is -2.39. The fraction of sp³-hybridized carbons (Fsp3) is 0.923. The van der Waals surface area contributed by atoms with Crippen molar-refractivity contribution < 1.29 is 14.6 Å². The second-order valence-electron chi connectivity index (χ2n) is 5.39. The van der Waals surface area contributed by atoms with Gasteiger partial charge in [0.1, 0.15) is 0 Å². The number of piperidine rings is 1. The van der Waals surface area contributed by atoms with Gasteiger partial charge in [-0.2, -0.15) is 0 Å². The molecule has 4 nitrogen and oxygen atoms in total. The van der Waals surface area contributed by atoms with Gasteiger partial charge in [0.25, 0.3) is 0 Å². The molecule has 1 aliphatic heterocycles. The quantitative estimate of drug-likeness (QED) is 0.820. The summed E-state index contributed by atoms with van der Waals surface area (Å²) in [6, 6.07) is 0. The van der Waals surface area contributed by atoms with Crippen molar-refractivity contribution in [2.75, 3.05) is 19.7 Å². The summed E-state index contributed by atoms with van der Waals surface area (Å²) in [4.78, 5) is 13.3. The van der Waals surface area contributed by atoms with E-state index in [4.69, 9.17) is 4.74 Å². The van der Waals surface area contributed by atoms with Gasteiger partial charge >= 0.3 is 6.09 Å². The highest BCUT2D eigenvalue weighted by molar-refractivity contribution is 5.67. The average Bonchev–Trinajstić information content (AvgIpc) is 3.06. The van der Waals surface area contributed by atoms with Crippen molar-refractivity contribution in [1.82, 2.24) is 4.90 Å². The van der Waals surface area contributed by atoms with Crippen LogP contribution in [-0.4, -0.2) is 41.4 Å². The van der Waals surface area contributed by atoms with E-state index in [0.717, 1.165) is 51.6 Å². The van der Waals surface area contributed by atoms with E-state index in [0.29, 0.717) is 12.5 Å². The summed E-state index contributed by atoms with van der Waals surface area (Å²) in [5.74, 6) is 0.672. The lowest BCUT2D eigenvalue weighted by molar-refractivity contribution is 0.0845. The molecular formula is C13H23NO3. The number of likely N-dealkylation sites (tertiary alicyclic amines) is 1. The summed E-state index contributed by atoms with van der Waals surface area (Å²) in [7, 11) is 0. The molecule has 1 N–H and O–H groups in total. The van der Waals surface area contributed by atoms with Crippen molar-refractivity contribution in [1.29, 1.82) is 0 Å². The monoisotopic (exact) mass is 241 g/mol. The van der Waals surface area contributed by atoms with Crippen LogP contribution in [0, 0.1) is 5.92 Å². The smallest absolute Gasteiger partial charge is 0.409 e. The molecule has 0 spiro atoms. The topological polar surface area (TPSA) is 49.8 Å². The largest absolute Gasteiger partial charge is 0.450 e. The molecule has 1 aliphatic carbocycles. The van der Waals surface area contributed by atoms with Gasteiger partial charge in [-0.15, -0.1) is 0 Å². The van der Waals surface area contributed by atoms with E-state index in [1.54, 1.807) is 4.90 Å². The Labute approximate surface area is 103 Å². The highest BCUT2D eigenvalue weighted by Crippen LogP contribution is 2.41. The number of rotatable bonds is 4. The van der Waals surface area contributed by atoms with E-state index in [1.807, 2.05) is 6.92 Å². The van der Waals surface area contributed by atoms with Crippen molar-refractivity contribution in [2.24, 2.45) is 5.92 Å². The number of ether oxygens (including phenoxy) is 1. The first-order chi connectivity index (χ1) is 8.13. The molecule has 2 aliphatic rings. The molecule has 1 saturated carbocycles. The summed E-state index contributed by atoms with van der Waals surface area (Å²) in [5.41, 5.74) is -0.321. The Kier molecular flexibility index (Phi) is 3.92. The van der Waals surface area contributed by atoms with Crippen LogP contribution in [0.4, 0.5) is 4.79 Å². The van der Waals surface area contributed by atoms with E-state index in [1.165, 1.54) is 0 Å². The number of nitrogens with zero attached hydrogens (tertiary/aromatic N) is 1. The maximum Gasteiger partial charge on any atom is 0.409 e. The predicted octanol–water partition coefficient (Wildman–Crippen LogP) is 2.16. The SMILES string of the molecule is CCOC(=O)N1CCC(CCC2(O)CC2)CC1. The molecule has 17 heavy (non-hydrogen) atoms. The van der Waals surface area contributed by atoms with Crippen molar-refractivity contribution in [3.63, 3.8) is 0 Å². The average molecular weight is 241 g/mol. The first kappa shape index (κ1) is 12.7. The van der Waals surface area contributed by atoms with Gasteiger partial charge in [-0.1, -0.05) is 0 Å². The summed E-state index contributed by atoms with van der Waals surface area (Å²) in [5, 5.41) is 9.79. The normalized spacial score (nSPS) is 23.5. The molecule has 1 saturated heterocycles. The molecule has 98 valence electrons. The van der Waals surface area contributed by atoms with Crippen LogP contribution in [0.2, 0.25) is 0 Å². The van der Waals surface area contributed by atoms with Gasteiger partial charge in [0.05, 0.1) is 12.2 Å². The lowest BCUT2D eigenvalue weighted by atomic mass is 9.91. The highest BCUT2D eigenvalue weighted by Gasteiger charge is 2.40. The summed E-state index contributed by atoms with van der Waals surface area (Å²) >= 11 is 0. The van der Waals surface area contributed by atoms with Crippen LogP contribution in [0.15, 0.2) is 0 Å². The predicted molar refractivity (Wildman–Crippen MR) is 64.7 cm³/mol. The fourth-order valence-corrected chi connectivity index (χ4v) is 2.49. The molecule has 0 bridgehead atoms. The lowest BCUT2D eigenvalue weighted by Gasteiger charge is -2.31. The molecule has 1 amide bonds.